The maximum atomic E-state index is 11.3. The van der Waals surface area contributed by atoms with Gasteiger partial charge in [-0.25, -0.2) is 0 Å². The molecule has 0 amide bonds. The molecular formula is C6H6F3S. The van der Waals surface area contributed by atoms with Crippen molar-refractivity contribution in [1.82, 2.24) is 0 Å². The molecule has 0 atom stereocenters. The highest BCUT2D eigenvalue weighted by molar-refractivity contribution is 8.01. The van der Waals surface area contributed by atoms with E-state index in [-0.39, 0.29) is 5.75 Å². The van der Waals surface area contributed by atoms with E-state index in [1.165, 1.54) is 17.7 Å². The molecule has 0 N–H and O–H groups in total. The van der Waals surface area contributed by atoms with Gasteiger partial charge < -0.3 is 0 Å². The molecule has 0 aromatic rings. The summed E-state index contributed by atoms with van der Waals surface area (Å²) in [5, 5.41) is 0. The molecule has 0 bridgehead atoms. The van der Waals surface area contributed by atoms with E-state index in [1.807, 2.05) is 5.92 Å². The van der Waals surface area contributed by atoms with Crippen LogP contribution in [0.1, 0.15) is 6.92 Å². The van der Waals surface area contributed by atoms with Crippen molar-refractivity contribution < 1.29 is 13.2 Å². The molecule has 0 heterocycles. The molecule has 0 aromatic carbocycles. The second-order valence-electron chi connectivity index (χ2n) is 1.35. The maximum absolute atomic E-state index is 11.3. The van der Waals surface area contributed by atoms with Crippen molar-refractivity contribution >= 4 is 11.8 Å². The summed E-state index contributed by atoms with van der Waals surface area (Å²) >= 11 is 1.25. The van der Waals surface area contributed by atoms with E-state index in [0.717, 1.165) is 0 Å². The van der Waals surface area contributed by atoms with E-state index in [1.54, 1.807) is 12.7 Å². The van der Waals surface area contributed by atoms with Crippen molar-refractivity contribution in [2.45, 2.75) is 13.1 Å². The molecular weight excluding hydrogens is 161 g/mol. The summed E-state index contributed by atoms with van der Waals surface area (Å²) < 4.78 is 33.9. The van der Waals surface area contributed by atoms with Crippen molar-refractivity contribution in [3.63, 3.8) is 0 Å². The molecule has 0 saturated carbocycles. The van der Waals surface area contributed by atoms with Gasteiger partial charge in [0, 0.05) is 11.7 Å². The fraction of sp³-hybridized carbons (Fsp3) is 0.500. The standard InChI is InChI=1S/C6H6F3S/c1-2-10-5-3-4-6(7,8)9/h2H,5H2,1H3. The molecule has 0 aliphatic carbocycles. The Morgan fingerprint density at radius 3 is 2.50 bits per heavy atom. The summed E-state index contributed by atoms with van der Waals surface area (Å²) in [6.07, 6.45) is -4.34. The van der Waals surface area contributed by atoms with Gasteiger partial charge in [0.05, 0.1) is 5.75 Å². The topological polar surface area (TPSA) is 0 Å². The highest BCUT2D eigenvalue weighted by Crippen LogP contribution is 2.12. The molecule has 0 fully saturated rings. The molecule has 1 radical (unpaired) electrons. The van der Waals surface area contributed by atoms with Gasteiger partial charge in [0.15, 0.2) is 0 Å². The third-order valence-corrected chi connectivity index (χ3v) is 1.20. The largest absolute Gasteiger partial charge is 0.457 e. The van der Waals surface area contributed by atoms with Crippen LogP contribution in [0, 0.1) is 17.6 Å². The molecule has 0 unspecified atom stereocenters. The van der Waals surface area contributed by atoms with Gasteiger partial charge in [-0.15, -0.1) is 11.8 Å². The van der Waals surface area contributed by atoms with Crippen molar-refractivity contribution in [2.24, 2.45) is 0 Å². The van der Waals surface area contributed by atoms with Gasteiger partial charge in [-0.3, -0.25) is 0 Å². The van der Waals surface area contributed by atoms with Crippen LogP contribution in [0.3, 0.4) is 0 Å². The maximum Gasteiger partial charge on any atom is 0.457 e. The minimum absolute atomic E-state index is 0.204. The summed E-state index contributed by atoms with van der Waals surface area (Å²) in [4.78, 5) is 0. The zero-order valence-corrected chi connectivity index (χ0v) is 6.14. The Kier molecular flexibility index (Phi) is 4.37. The summed E-state index contributed by atoms with van der Waals surface area (Å²) in [5.74, 6) is 5.05. The minimum atomic E-state index is -4.34. The Hall–Kier alpha value is -0.300. The Balaban J connectivity index is 3.50. The van der Waals surface area contributed by atoms with Gasteiger partial charge in [0.1, 0.15) is 0 Å². The number of thioether (sulfide) groups is 1. The number of alkyl halides is 3. The van der Waals surface area contributed by atoms with Crippen molar-refractivity contribution in [1.29, 1.82) is 0 Å². The van der Waals surface area contributed by atoms with Gasteiger partial charge in [0.2, 0.25) is 0 Å². The molecule has 10 heavy (non-hydrogen) atoms. The third kappa shape index (κ3) is 7.70. The smallest absolute Gasteiger partial charge is 0.159 e. The number of rotatable bonds is 2. The SMILES string of the molecule is C[CH]SCC#CC(F)(F)F. The van der Waals surface area contributed by atoms with E-state index in [2.05, 4.69) is 0 Å². The van der Waals surface area contributed by atoms with Crippen LogP contribution in [-0.2, 0) is 0 Å². The van der Waals surface area contributed by atoms with Crippen LogP contribution in [0.5, 0.6) is 0 Å². The van der Waals surface area contributed by atoms with Crippen LogP contribution in [-0.4, -0.2) is 11.9 Å². The lowest BCUT2D eigenvalue weighted by molar-refractivity contribution is -0.0696. The molecule has 57 valence electrons. The van der Waals surface area contributed by atoms with Crippen LogP contribution in [0.4, 0.5) is 13.2 Å². The number of halogens is 3. The van der Waals surface area contributed by atoms with Crippen LogP contribution >= 0.6 is 11.8 Å². The summed E-state index contributed by atoms with van der Waals surface area (Å²) in [6.45, 7) is 1.75. The molecule has 0 rings (SSSR count). The average molecular weight is 167 g/mol. The highest BCUT2D eigenvalue weighted by atomic mass is 32.2. The Bertz CT molecular complexity index is 139. The van der Waals surface area contributed by atoms with Crippen LogP contribution in [0.25, 0.3) is 0 Å². The Morgan fingerprint density at radius 1 is 1.50 bits per heavy atom. The zero-order valence-electron chi connectivity index (χ0n) is 5.33. The summed E-state index contributed by atoms with van der Waals surface area (Å²) in [7, 11) is 0. The highest BCUT2D eigenvalue weighted by Gasteiger charge is 2.22. The molecule has 0 aliphatic rings. The van der Waals surface area contributed by atoms with Gasteiger partial charge in [-0.05, 0) is 0 Å². The molecule has 0 aromatic heterocycles. The van der Waals surface area contributed by atoms with Gasteiger partial charge >= 0.3 is 6.18 Å². The van der Waals surface area contributed by atoms with E-state index in [9.17, 15) is 13.2 Å². The zero-order chi connectivity index (χ0) is 8.04. The monoisotopic (exact) mass is 167 g/mol. The first-order chi connectivity index (χ1) is 4.56. The van der Waals surface area contributed by atoms with Gasteiger partial charge in [-0.2, -0.15) is 13.2 Å². The van der Waals surface area contributed by atoms with Crippen LogP contribution < -0.4 is 0 Å². The molecule has 4 heteroatoms. The lowest BCUT2D eigenvalue weighted by Crippen LogP contribution is -2.01. The van der Waals surface area contributed by atoms with Crippen molar-refractivity contribution in [2.75, 3.05) is 5.75 Å². The van der Waals surface area contributed by atoms with Gasteiger partial charge in [-0.1, -0.05) is 12.8 Å². The van der Waals surface area contributed by atoms with Gasteiger partial charge in [0.25, 0.3) is 0 Å². The van der Waals surface area contributed by atoms with E-state index in [4.69, 9.17) is 0 Å². The lowest BCUT2D eigenvalue weighted by atomic mass is 10.6. The normalized spacial score (nSPS) is 10.4. The van der Waals surface area contributed by atoms with Crippen molar-refractivity contribution in [3.05, 3.63) is 5.75 Å². The average Bonchev–Trinajstić information content (AvgIpc) is 1.78. The first-order valence-electron chi connectivity index (χ1n) is 2.52. The van der Waals surface area contributed by atoms with Crippen LogP contribution in [0.2, 0.25) is 0 Å². The predicted molar refractivity (Wildman–Crippen MR) is 36.3 cm³/mol. The first kappa shape index (κ1) is 9.70. The number of hydrogen-bond acceptors (Lipinski definition) is 1. The second-order valence-corrected chi connectivity index (χ2v) is 2.44. The molecule has 0 aliphatic heterocycles. The van der Waals surface area contributed by atoms with Crippen LogP contribution in [0.15, 0.2) is 0 Å². The first-order valence-corrected chi connectivity index (χ1v) is 3.57. The summed E-state index contributed by atoms with van der Waals surface area (Å²) in [6, 6.07) is 0. The molecule has 0 spiro atoms. The fourth-order valence-electron chi connectivity index (χ4n) is 0.261. The van der Waals surface area contributed by atoms with E-state index in [0.29, 0.717) is 0 Å². The quantitative estimate of drug-likeness (QED) is 0.449. The third-order valence-electron chi connectivity index (χ3n) is 0.552. The Labute approximate surface area is 62.2 Å². The van der Waals surface area contributed by atoms with Crippen molar-refractivity contribution in [3.8, 4) is 11.8 Å². The summed E-state index contributed by atoms with van der Waals surface area (Å²) in [5.41, 5.74) is 0. The molecule has 0 nitrogen and oxygen atoms in total. The fourth-order valence-corrected chi connectivity index (χ4v) is 0.583. The Morgan fingerprint density at radius 2 is 2.10 bits per heavy atom. The molecule has 0 saturated heterocycles. The minimum Gasteiger partial charge on any atom is -0.159 e. The number of hydrogen-bond donors (Lipinski definition) is 0. The lowest BCUT2D eigenvalue weighted by Gasteiger charge is -1.91. The second kappa shape index (κ2) is 4.51. The van der Waals surface area contributed by atoms with E-state index >= 15 is 0 Å². The van der Waals surface area contributed by atoms with E-state index < -0.39 is 6.18 Å². The predicted octanol–water partition coefficient (Wildman–Crippen LogP) is 2.47.